The van der Waals surface area contributed by atoms with E-state index in [2.05, 4.69) is 22.5 Å². The van der Waals surface area contributed by atoms with Gasteiger partial charge in [-0.25, -0.2) is 4.98 Å². The van der Waals surface area contributed by atoms with E-state index in [4.69, 9.17) is 11.1 Å². The Balaban J connectivity index is 0.00000338. The number of aryl methyl sites for hydroxylation is 1. The van der Waals surface area contributed by atoms with Gasteiger partial charge in [-0.05, 0) is 18.9 Å². The minimum Gasteiger partial charge on any atom is -0.384 e. The largest absolute Gasteiger partial charge is 0.384 e. The lowest BCUT2D eigenvalue weighted by molar-refractivity contribution is 0.566. The van der Waals surface area contributed by atoms with Crippen LogP contribution in [0.2, 0.25) is 0 Å². The van der Waals surface area contributed by atoms with Gasteiger partial charge in [0.2, 0.25) is 0 Å². The maximum Gasteiger partial charge on any atom is 0.276 e. The third kappa shape index (κ3) is 5.86. The van der Waals surface area contributed by atoms with Gasteiger partial charge in [-0.15, -0.1) is 12.4 Å². The van der Waals surface area contributed by atoms with Crippen LogP contribution in [0.25, 0.3) is 0 Å². The van der Waals surface area contributed by atoms with E-state index in [1.807, 2.05) is 31.2 Å². The summed E-state index contributed by atoms with van der Waals surface area (Å²) in [6.07, 6.45) is 2.56. The molecule has 1 aromatic heterocycles. The molecule has 0 bridgehead atoms. The molecule has 5 N–H and O–H groups in total. The number of amidine groups is 1. The fourth-order valence-electron chi connectivity index (χ4n) is 2.45. The van der Waals surface area contributed by atoms with Crippen molar-refractivity contribution in [1.82, 2.24) is 14.9 Å². The predicted octanol–water partition coefficient (Wildman–Crippen LogP) is 1.87. The Morgan fingerprint density at radius 3 is 2.58 bits per heavy atom. The topological polar surface area (TPSA) is 109 Å². The van der Waals surface area contributed by atoms with Crippen LogP contribution in [0.4, 0.5) is 5.69 Å². The first-order chi connectivity index (χ1) is 12.0. The van der Waals surface area contributed by atoms with Crippen LogP contribution >= 0.6 is 12.4 Å². The molecule has 0 aliphatic rings. The second-order valence-electron chi connectivity index (χ2n) is 5.89. The number of halogens is 1. The van der Waals surface area contributed by atoms with Crippen molar-refractivity contribution in [3.8, 4) is 0 Å². The highest BCUT2D eigenvalue weighted by Crippen LogP contribution is 2.04. The van der Waals surface area contributed by atoms with Crippen LogP contribution in [0.3, 0.4) is 0 Å². The Bertz CT molecular complexity index is 772. The van der Waals surface area contributed by atoms with E-state index in [-0.39, 0.29) is 23.8 Å². The monoisotopic (exact) mass is 378 g/mol. The first-order valence-electron chi connectivity index (χ1n) is 8.47. The molecule has 0 aliphatic heterocycles. The lowest BCUT2D eigenvalue weighted by Gasteiger charge is -2.12. The van der Waals surface area contributed by atoms with Crippen LogP contribution in [0, 0.1) is 12.3 Å². The van der Waals surface area contributed by atoms with Crippen molar-refractivity contribution in [1.29, 1.82) is 5.41 Å². The van der Waals surface area contributed by atoms with Crippen LogP contribution in [-0.4, -0.2) is 28.5 Å². The molecule has 2 rings (SSSR count). The molecule has 0 radical (unpaired) electrons. The minimum absolute atomic E-state index is 0. The van der Waals surface area contributed by atoms with Gasteiger partial charge in [0.05, 0.1) is 6.20 Å². The summed E-state index contributed by atoms with van der Waals surface area (Å²) in [7, 11) is 0. The fourth-order valence-corrected chi connectivity index (χ4v) is 2.45. The maximum atomic E-state index is 12.5. The van der Waals surface area contributed by atoms with Crippen molar-refractivity contribution in [3.05, 3.63) is 57.8 Å². The number of aromatic nitrogens is 2. The van der Waals surface area contributed by atoms with Gasteiger partial charge >= 0.3 is 0 Å². The second-order valence-corrected chi connectivity index (χ2v) is 5.89. The first-order valence-corrected chi connectivity index (χ1v) is 8.47. The van der Waals surface area contributed by atoms with Crippen LogP contribution in [0.5, 0.6) is 0 Å². The van der Waals surface area contributed by atoms with Gasteiger partial charge < -0.3 is 16.4 Å². The van der Waals surface area contributed by atoms with Crippen LogP contribution in [0.1, 0.15) is 30.3 Å². The summed E-state index contributed by atoms with van der Waals surface area (Å²) in [4.78, 5) is 16.8. The second kappa shape index (κ2) is 10.6. The smallest absolute Gasteiger partial charge is 0.276 e. The zero-order valence-corrected chi connectivity index (χ0v) is 16.0. The Kier molecular flexibility index (Phi) is 8.81. The number of nitrogens with two attached hydrogens (primary N) is 1. The van der Waals surface area contributed by atoms with Gasteiger partial charge in [-0.1, -0.05) is 31.2 Å². The molecule has 1 aromatic carbocycles. The number of benzene rings is 1. The summed E-state index contributed by atoms with van der Waals surface area (Å²) in [5, 5.41) is 13.8. The molecule has 8 heteroatoms. The number of rotatable bonds is 9. The molecule has 1 heterocycles. The molecule has 0 aliphatic carbocycles. The standard InChI is InChI=1S/C18H26N6O.ClH/c1-3-8-22-16-12-23-13(2)24(18(16)25)10-9-21-11-14-4-6-15(7-5-14)17(19)20;/h4-7,12,21-22H,3,8-11H2,1-2H3,(H3,19,20);1H. The van der Waals surface area contributed by atoms with Crippen molar-refractivity contribution in [2.75, 3.05) is 18.4 Å². The summed E-state index contributed by atoms with van der Waals surface area (Å²) in [5.41, 5.74) is 7.78. The zero-order valence-electron chi connectivity index (χ0n) is 15.2. The molecule has 0 spiro atoms. The number of anilines is 1. The minimum atomic E-state index is -0.0337. The van der Waals surface area contributed by atoms with E-state index in [1.54, 1.807) is 10.8 Å². The van der Waals surface area contributed by atoms with Gasteiger partial charge in [0, 0.05) is 31.7 Å². The average molecular weight is 379 g/mol. The third-order valence-corrected chi connectivity index (χ3v) is 3.92. The van der Waals surface area contributed by atoms with E-state index in [0.717, 1.165) is 18.5 Å². The van der Waals surface area contributed by atoms with Crippen molar-refractivity contribution in [3.63, 3.8) is 0 Å². The number of hydrogen-bond acceptors (Lipinski definition) is 5. The Hall–Kier alpha value is -2.38. The molecule has 7 nitrogen and oxygen atoms in total. The molecule has 2 aromatic rings. The van der Waals surface area contributed by atoms with Crippen LogP contribution in [-0.2, 0) is 13.1 Å². The SMILES string of the molecule is CCCNc1cnc(C)n(CCNCc2ccc(C(=N)N)cc2)c1=O.Cl. The lowest BCUT2D eigenvalue weighted by Crippen LogP contribution is -2.31. The Labute approximate surface area is 159 Å². The number of nitrogen functional groups attached to an aromatic ring is 1. The highest BCUT2D eigenvalue weighted by Gasteiger charge is 2.06. The Morgan fingerprint density at radius 1 is 1.27 bits per heavy atom. The summed E-state index contributed by atoms with van der Waals surface area (Å²) >= 11 is 0. The van der Waals surface area contributed by atoms with E-state index >= 15 is 0 Å². The number of hydrogen-bond donors (Lipinski definition) is 4. The maximum absolute atomic E-state index is 12.5. The molecule has 0 unspecified atom stereocenters. The Morgan fingerprint density at radius 2 is 1.96 bits per heavy atom. The van der Waals surface area contributed by atoms with Gasteiger partial charge in [0.15, 0.2) is 0 Å². The molecule has 26 heavy (non-hydrogen) atoms. The van der Waals surface area contributed by atoms with Crippen LogP contribution < -0.4 is 21.9 Å². The van der Waals surface area contributed by atoms with Gasteiger partial charge in [0.25, 0.3) is 5.56 Å². The van der Waals surface area contributed by atoms with E-state index in [1.165, 1.54) is 0 Å². The van der Waals surface area contributed by atoms with E-state index < -0.39 is 0 Å². The van der Waals surface area contributed by atoms with E-state index in [0.29, 0.717) is 36.7 Å². The van der Waals surface area contributed by atoms with Crippen LogP contribution in [0.15, 0.2) is 35.3 Å². The van der Waals surface area contributed by atoms with Crippen molar-refractivity contribution < 1.29 is 0 Å². The number of nitrogens with zero attached hydrogens (tertiary/aromatic N) is 2. The van der Waals surface area contributed by atoms with Crippen molar-refractivity contribution in [2.45, 2.75) is 33.4 Å². The average Bonchev–Trinajstić information content (AvgIpc) is 2.60. The predicted molar refractivity (Wildman–Crippen MR) is 108 cm³/mol. The van der Waals surface area contributed by atoms with Gasteiger partial charge in [0.1, 0.15) is 17.3 Å². The summed E-state index contributed by atoms with van der Waals surface area (Å²) in [5.74, 6) is 0.776. The zero-order chi connectivity index (χ0) is 18.2. The third-order valence-electron chi connectivity index (χ3n) is 3.92. The van der Waals surface area contributed by atoms with Gasteiger partial charge in [-0.2, -0.15) is 0 Å². The highest BCUT2D eigenvalue weighted by atomic mass is 35.5. The summed E-state index contributed by atoms with van der Waals surface area (Å²) in [6.45, 7) is 6.56. The molecule has 0 amide bonds. The summed E-state index contributed by atoms with van der Waals surface area (Å²) < 4.78 is 1.68. The van der Waals surface area contributed by atoms with Crippen molar-refractivity contribution in [2.24, 2.45) is 5.73 Å². The van der Waals surface area contributed by atoms with E-state index in [9.17, 15) is 4.79 Å². The normalized spacial score (nSPS) is 10.2. The molecule has 0 saturated heterocycles. The molecule has 0 fully saturated rings. The first kappa shape index (κ1) is 21.7. The molecular formula is C18H27ClN6O. The summed E-state index contributed by atoms with van der Waals surface area (Å²) in [6, 6.07) is 7.55. The molecule has 0 atom stereocenters. The van der Waals surface area contributed by atoms with Gasteiger partial charge in [-0.3, -0.25) is 14.8 Å². The van der Waals surface area contributed by atoms with Crippen molar-refractivity contribution >= 4 is 23.9 Å². The quantitative estimate of drug-likeness (QED) is 0.302. The molecule has 142 valence electrons. The molecule has 0 saturated carbocycles. The number of nitrogens with one attached hydrogen (secondary N) is 3. The fraction of sp³-hybridized carbons (Fsp3) is 0.389. The molecular weight excluding hydrogens is 352 g/mol. The highest BCUT2D eigenvalue weighted by molar-refractivity contribution is 5.94. The lowest BCUT2D eigenvalue weighted by atomic mass is 10.1.